The first-order chi connectivity index (χ1) is 12.7. The molecule has 0 fully saturated rings. The van der Waals surface area contributed by atoms with Crippen molar-refractivity contribution in [3.05, 3.63) is 47.9 Å². The van der Waals surface area contributed by atoms with Crippen LogP contribution in [-0.2, 0) is 6.18 Å². The van der Waals surface area contributed by atoms with Crippen LogP contribution in [0.3, 0.4) is 0 Å². The first-order valence-electron chi connectivity index (χ1n) is 7.24. The largest absolute Gasteiger partial charge is 0.418 e. The van der Waals surface area contributed by atoms with Crippen molar-refractivity contribution < 1.29 is 22.7 Å². The molecule has 0 radical (unpaired) electrons. The van der Waals surface area contributed by atoms with E-state index in [1.165, 1.54) is 13.2 Å². The molecule has 0 saturated heterocycles. The third-order valence-electron chi connectivity index (χ3n) is 2.96. The molecule has 0 aliphatic rings. The molecule has 2 aromatic heterocycles. The average Bonchev–Trinajstić information content (AvgIpc) is 2.62. The molecule has 0 bridgehead atoms. The van der Waals surface area contributed by atoms with Gasteiger partial charge in [-0.05, 0) is 30.4 Å². The van der Waals surface area contributed by atoms with Crippen LogP contribution in [0.5, 0.6) is 5.75 Å². The van der Waals surface area contributed by atoms with Crippen molar-refractivity contribution in [1.29, 1.82) is 0 Å². The molecule has 142 valence electrons. The molecular formula is C15H13F3N6O2S. The normalized spacial score (nSPS) is 11.6. The van der Waals surface area contributed by atoms with E-state index in [2.05, 4.69) is 25.6 Å². The molecule has 12 heteroatoms. The standard InChI is InChI=1S/C15H13F3N6O2S/c1-20-14(25)26-10-6-8(15(16,17)18)7-22-12(10)24-13(27)23-11(19)9-4-2-3-5-21-9/h2-7H,1H3,(H,20,25)(H3,19,22,23,24,27). The molecule has 2 aromatic rings. The predicted octanol–water partition coefficient (Wildman–Crippen LogP) is 2.32. The summed E-state index contributed by atoms with van der Waals surface area (Å²) in [7, 11) is 1.25. The highest BCUT2D eigenvalue weighted by molar-refractivity contribution is 7.80. The van der Waals surface area contributed by atoms with Crippen LogP contribution in [0.15, 0.2) is 41.7 Å². The Morgan fingerprint density at radius 1 is 1.33 bits per heavy atom. The molecule has 4 N–H and O–H groups in total. The van der Waals surface area contributed by atoms with Crippen LogP contribution in [-0.4, -0.2) is 34.1 Å². The Balaban J connectivity index is 2.28. The van der Waals surface area contributed by atoms with Gasteiger partial charge in [0.05, 0.1) is 5.56 Å². The highest BCUT2D eigenvalue weighted by Crippen LogP contribution is 2.33. The number of carbonyl (C=O) groups is 1. The van der Waals surface area contributed by atoms with E-state index in [1.54, 1.807) is 18.2 Å². The van der Waals surface area contributed by atoms with Crippen LogP contribution in [0.2, 0.25) is 0 Å². The molecule has 0 aromatic carbocycles. The van der Waals surface area contributed by atoms with Gasteiger partial charge in [-0.3, -0.25) is 4.98 Å². The molecule has 2 heterocycles. The lowest BCUT2D eigenvalue weighted by Gasteiger charge is -2.13. The van der Waals surface area contributed by atoms with Crippen molar-refractivity contribution in [3.63, 3.8) is 0 Å². The van der Waals surface area contributed by atoms with Gasteiger partial charge in [0, 0.05) is 19.4 Å². The molecule has 0 spiro atoms. The molecule has 0 aliphatic carbocycles. The van der Waals surface area contributed by atoms with Crippen molar-refractivity contribution in [2.75, 3.05) is 12.4 Å². The van der Waals surface area contributed by atoms with Crippen LogP contribution < -0.4 is 21.1 Å². The summed E-state index contributed by atoms with van der Waals surface area (Å²) < 4.78 is 43.4. The zero-order chi connectivity index (χ0) is 20.0. The molecule has 1 amide bonds. The van der Waals surface area contributed by atoms with E-state index in [1.807, 2.05) is 0 Å². The quantitative estimate of drug-likeness (QED) is 0.413. The molecule has 27 heavy (non-hydrogen) atoms. The number of ether oxygens (including phenoxy) is 1. The topological polar surface area (TPSA) is 115 Å². The van der Waals surface area contributed by atoms with E-state index in [9.17, 15) is 18.0 Å². The second-order valence-corrected chi connectivity index (χ2v) is 5.24. The highest BCUT2D eigenvalue weighted by Gasteiger charge is 2.32. The zero-order valence-corrected chi connectivity index (χ0v) is 14.6. The van der Waals surface area contributed by atoms with Gasteiger partial charge in [-0.1, -0.05) is 6.07 Å². The van der Waals surface area contributed by atoms with Crippen LogP contribution in [0, 0.1) is 0 Å². The fourth-order valence-corrected chi connectivity index (χ4v) is 1.93. The van der Waals surface area contributed by atoms with Crippen LogP contribution in [0.1, 0.15) is 11.3 Å². The van der Waals surface area contributed by atoms with Crippen LogP contribution in [0.4, 0.5) is 23.8 Å². The van der Waals surface area contributed by atoms with Crippen LogP contribution >= 0.6 is 12.2 Å². The van der Waals surface area contributed by atoms with Gasteiger partial charge >= 0.3 is 12.3 Å². The van der Waals surface area contributed by atoms with Gasteiger partial charge in [-0.15, -0.1) is 0 Å². The Kier molecular flexibility index (Phi) is 6.23. The Morgan fingerprint density at radius 3 is 2.67 bits per heavy atom. The Morgan fingerprint density at radius 2 is 2.07 bits per heavy atom. The zero-order valence-electron chi connectivity index (χ0n) is 13.7. The van der Waals surface area contributed by atoms with Crippen LogP contribution in [0.25, 0.3) is 0 Å². The number of pyridine rings is 2. The highest BCUT2D eigenvalue weighted by atomic mass is 32.1. The number of nitrogens with two attached hydrogens (primary N) is 1. The summed E-state index contributed by atoms with van der Waals surface area (Å²) in [6.45, 7) is 0. The fraction of sp³-hybridized carbons (Fsp3) is 0.133. The number of carbonyl (C=O) groups excluding carboxylic acids is 1. The number of hydrogen-bond donors (Lipinski definition) is 3. The Bertz CT molecular complexity index is 874. The maximum atomic E-state index is 12.9. The SMILES string of the molecule is CNC(=O)Oc1cc(C(F)(F)F)cnc1NC(=S)/N=C(\N)c1ccccn1. The third-order valence-corrected chi connectivity index (χ3v) is 3.15. The maximum absolute atomic E-state index is 12.9. The number of aliphatic imine (C=N–C) groups is 1. The van der Waals surface area contributed by atoms with Gasteiger partial charge in [-0.2, -0.15) is 13.2 Å². The number of hydrogen-bond acceptors (Lipinski definition) is 5. The van der Waals surface area contributed by atoms with Gasteiger partial charge < -0.3 is 21.1 Å². The predicted molar refractivity (Wildman–Crippen MR) is 95.5 cm³/mol. The molecule has 8 nitrogen and oxygen atoms in total. The minimum atomic E-state index is -4.67. The summed E-state index contributed by atoms with van der Waals surface area (Å²) in [5, 5.41) is 4.38. The monoisotopic (exact) mass is 398 g/mol. The van der Waals surface area contributed by atoms with Gasteiger partial charge in [-0.25, -0.2) is 14.8 Å². The van der Waals surface area contributed by atoms with E-state index >= 15 is 0 Å². The molecule has 0 aliphatic heterocycles. The minimum absolute atomic E-state index is 0.0196. The summed E-state index contributed by atoms with van der Waals surface area (Å²) in [6.07, 6.45) is -3.59. The van der Waals surface area contributed by atoms with E-state index < -0.39 is 23.6 Å². The summed E-state index contributed by atoms with van der Waals surface area (Å²) in [5.41, 5.74) is 5.01. The molecule has 0 atom stereocenters. The number of amides is 1. The van der Waals surface area contributed by atoms with Crippen molar-refractivity contribution in [2.45, 2.75) is 6.18 Å². The molecule has 2 rings (SSSR count). The van der Waals surface area contributed by atoms with Gasteiger partial charge in [0.1, 0.15) is 5.69 Å². The number of nitrogens with one attached hydrogen (secondary N) is 2. The van der Waals surface area contributed by atoms with Gasteiger partial charge in [0.2, 0.25) is 5.11 Å². The Hall–Kier alpha value is -3.28. The molecular weight excluding hydrogens is 385 g/mol. The van der Waals surface area contributed by atoms with Gasteiger partial charge in [0.15, 0.2) is 17.4 Å². The number of thiocarbonyl (C=S) groups is 1. The number of halogens is 3. The summed E-state index contributed by atoms with van der Waals surface area (Å²) in [4.78, 5) is 22.9. The minimum Gasteiger partial charge on any atom is -0.406 e. The smallest absolute Gasteiger partial charge is 0.406 e. The van der Waals surface area contributed by atoms with Crippen molar-refractivity contribution in [2.24, 2.45) is 10.7 Å². The number of nitrogens with zero attached hydrogens (tertiary/aromatic N) is 3. The number of amidine groups is 1. The van der Waals surface area contributed by atoms with E-state index in [-0.39, 0.29) is 16.8 Å². The van der Waals surface area contributed by atoms with E-state index in [0.29, 0.717) is 18.0 Å². The van der Waals surface area contributed by atoms with Crippen molar-refractivity contribution in [1.82, 2.24) is 15.3 Å². The third kappa shape index (κ3) is 5.60. The number of alkyl halides is 3. The Labute approximate surface area is 156 Å². The first kappa shape index (κ1) is 20.0. The van der Waals surface area contributed by atoms with Crippen molar-refractivity contribution >= 4 is 35.1 Å². The lowest BCUT2D eigenvalue weighted by molar-refractivity contribution is -0.137. The van der Waals surface area contributed by atoms with Crippen molar-refractivity contribution in [3.8, 4) is 5.75 Å². The maximum Gasteiger partial charge on any atom is 0.418 e. The van der Waals surface area contributed by atoms with E-state index in [4.69, 9.17) is 22.7 Å². The molecule has 0 saturated carbocycles. The summed E-state index contributed by atoms with van der Waals surface area (Å²) in [5.74, 6) is -0.749. The lowest BCUT2D eigenvalue weighted by atomic mass is 10.2. The lowest BCUT2D eigenvalue weighted by Crippen LogP contribution is -2.24. The average molecular weight is 398 g/mol. The second-order valence-electron chi connectivity index (χ2n) is 4.85. The first-order valence-corrected chi connectivity index (χ1v) is 7.65. The van der Waals surface area contributed by atoms with Gasteiger partial charge in [0.25, 0.3) is 0 Å². The summed E-state index contributed by atoms with van der Waals surface area (Å²) in [6, 6.07) is 5.58. The fourth-order valence-electron chi connectivity index (χ4n) is 1.73. The molecule has 0 unspecified atom stereocenters. The number of anilines is 1. The number of rotatable bonds is 3. The van der Waals surface area contributed by atoms with E-state index in [0.717, 1.165) is 0 Å². The number of aromatic nitrogens is 2. The second kappa shape index (κ2) is 8.40. The summed E-state index contributed by atoms with van der Waals surface area (Å²) >= 11 is 5.00.